The highest BCUT2D eigenvalue weighted by Gasteiger charge is 2.46. The van der Waals surface area contributed by atoms with Gasteiger partial charge in [-0.25, -0.2) is 4.39 Å². The van der Waals surface area contributed by atoms with Crippen LogP contribution in [-0.2, 0) is 12.5 Å². The van der Waals surface area contributed by atoms with E-state index in [0.29, 0.717) is 6.54 Å². The predicted molar refractivity (Wildman–Crippen MR) is 92.6 cm³/mol. The standard InChI is InChI=1S/C20H19FN2O/c1-23-12-16(14-6-3-5-9-18(14)23)20(10-11-20)13-22-19(24)15-7-2-4-8-17(15)21/h2-9,12H,10-11,13H2,1H3,(H,22,24). The second kappa shape index (κ2) is 5.48. The molecule has 1 fully saturated rings. The molecule has 1 aliphatic rings. The van der Waals surface area contributed by atoms with Crippen molar-refractivity contribution in [3.8, 4) is 0 Å². The first-order valence-electron chi connectivity index (χ1n) is 8.18. The number of para-hydroxylation sites is 1. The van der Waals surface area contributed by atoms with E-state index in [2.05, 4.69) is 28.2 Å². The van der Waals surface area contributed by atoms with Crippen LogP contribution in [0.1, 0.15) is 28.8 Å². The lowest BCUT2D eigenvalue weighted by Gasteiger charge is -2.16. The quantitative estimate of drug-likeness (QED) is 0.779. The van der Waals surface area contributed by atoms with E-state index in [-0.39, 0.29) is 16.9 Å². The van der Waals surface area contributed by atoms with Crippen molar-refractivity contribution in [2.75, 3.05) is 6.54 Å². The van der Waals surface area contributed by atoms with Crippen LogP contribution < -0.4 is 5.32 Å². The average Bonchev–Trinajstić information content (AvgIpc) is 3.31. The van der Waals surface area contributed by atoms with Crippen molar-refractivity contribution in [3.63, 3.8) is 0 Å². The topological polar surface area (TPSA) is 34.0 Å². The fraction of sp³-hybridized carbons (Fsp3) is 0.250. The predicted octanol–water partition coefficient (Wildman–Crippen LogP) is 3.78. The van der Waals surface area contributed by atoms with Gasteiger partial charge in [-0.15, -0.1) is 0 Å². The highest BCUT2D eigenvalue weighted by atomic mass is 19.1. The molecular weight excluding hydrogens is 303 g/mol. The summed E-state index contributed by atoms with van der Waals surface area (Å²) in [6, 6.07) is 14.4. The molecule has 0 bridgehead atoms. The molecular formula is C20H19FN2O. The maximum Gasteiger partial charge on any atom is 0.254 e. The number of amides is 1. The maximum absolute atomic E-state index is 13.7. The van der Waals surface area contributed by atoms with E-state index in [1.807, 2.05) is 19.2 Å². The Labute approximate surface area is 140 Å². The minimum absolute atomic E-state index is 0.0260. The van der Waals surface area contributed by atoms with Crippen LogP contribution in [0.25, 0.3) is 10.9 Å². The van der Waals surface area contributed by atoms with Gasteiger partial charge in [0.05, 0.1) is 5.56 Å². The van der Waals surface area contributed by atoms with Gasteiger partial charge < -0.3 is 9.88 Å². The summed E-state index contributed by atoms with van der Waals surface area (Å²) < 4.78 is 15.9. The van der Waals surface area contributed by atoms with Crippen molar-refractivity contribution < 1.29 is 9.18 Å². The van der Waals surface area contributed by atoms with Gasteiger partial charge in [-0.05, 0) is 36.6 Å². The molecule has 1 saturated carbocycles. The monoisotopic (exact) mass is 322 g/mol. The van der Waals surface area contributed by atoms with Gasteiger partial charge in [-0.2, -0.15) is 0 Å². The molecule has 1 aromatic heterocycles. The van der Waals surface area contributed by atoms with Crippen molar-refractivity contribution in [1.82, 2.24) is 9.88 Å². The van der Waals surface area contributed by atoms with Gasteiger partial charge in [-0.3, -0.25) is 4.79 Å². The van der Waals surface area contributed by atoms with E-state index in [4.69, 9.17) is 0 Å². The normalized spacial score (nSPS) is 15.4. The van der Waals surface area contributed by atoms with E-state index in [0.717, 1.165) is 12.8 Å². The Bertz CT molecular complexity index is 924. The summed E-state index contributed by atoms with van der Waals surface area (Å²) >= 11 is 0. The van der Waals surface area contributed by atoms with Crippen LogP contribution in [0.4, 0.5) is 4.39 Å². The van der Waals surface area contributed by atoms with Crippen molar-refractivity contribution in [2.45, 2.75) is 18.3 Å². The third-order valence-electron chi connectivity index (χ3n) is 5.03. The molecule has 0 spiro atoms. The highest BCUT2D eigenvalue weighted by Crippen LogP contribution is 2.50. The lowest BCUT2D eigenvalue weighted by molar-refractivity contribution is 0.0945. The number of hydrogen-bond acceptors (Lipinski definition) is 1. The first-order valence-corrected chi connectivity index (χ1v) is 8.18. The van der Waals surface area contributed by atoms with Gasteiger partial charge in [0.25, 0.3) is 5.91 Å². The van der Waals surface area contributed by atoms with Crippen LogP contribution in [0.15, 0.2) is 54.7 Å². The number of nitrogens with zero attached hydrogens (tertiary/aromatic N) is 1. The number of nitrogens with one attached hydrogen (secondary N) is 1. The van der Waals surface area contributed by atoms with Crippen LogP contribution in [-0.4, -0.2) is 17.0 Å². The van der Waals surface area contributed by atoms with E-state index >= 15 is 0 Å². The molecule has 1 amide bonds. The summed E-state index contributed by atoms with van der Waals surface area (Å²) in [4.78, 5) is 12.3. The SMILES string of the molecule is Cn1cc(C2(CNC(=O)c3ccccc3F)CC2)c2ccccc21. The van der Waals surface area contributed by atoms with Crippen LogP contribution in [0.5, 0.6) is 0 Å². The Balaban J connectivity index is 1.58. The van der Waals surface area contributed by atoms with E-state index in [1.54, 1.807) is 12.1 Å². The van der Waals surface area contributed by atoms with Gasteiger partial charge in [0.15, 0.2) is 0 Å². The number of rotatable bonds is 4. The molecule has 2 aromatic carbocycles. The van der Waals surface area contributed by atoms with Crippen LogP contribution in [0, 0.1) is 5.82 Å². The van der Waals surface area contributed by atoms with Crippen molar-refractivity contribution in [1.29, 1.82) is 0 Å². The molecule has 122 valence electrons. The van der Waals surface area contributed by atoms with Gasteiger partial charge >= 0.3 is 0 Å². The van der Waals surface area contributed by atoms with Crippen molar-refractivity contribution in [2.24, 2.45) is 7.05 Å². The molecule has 0 unspecified atom stereocenters. The molecule has 24 heavy (non-hydrogen) atoms. The molecule has 0 saturated heterocycles. The minimum Gasteiger partial charge on any atom is -0.351 e. The molecule has 0 atom stereocenters. The number of carbonyl (C=O) groups excluding carboxylic acids is 1. The number of aryl methyl sites for hydroxylation is 1. The van der Waals surface area contributed by atoms with Crippen molar-refractivity contribution >= 4 is 16.8 Å². The van der Waals surface area contributed by atoms with Crippen LogP contribution >= 0.6 is 0 Å². The van der Waals surface area contributed by atoms with E-state index < -0.39 is 5.82 Å². The number of benzene rings is 2. The third kappa shape index (κ3) is 2.39. The summed E-state index contributed by atoms with van der Waals surface area (Å²) in [7, 11) is 2.04. The van der Waals surface area contributed by atoms with Gasteiger partial charge in [0.2, 0.25) is 0 Å². The van der Waals surface area contributed by atoms with Gasteiger partial charge in [0, 0.05) is 36.1 Å². The fourth-order valence-corrected chi connectivity index (χ4v) is 3.45. The second-order valence-electron chi connectivity index (χ2n) is 6.61. The van der Waals surface area contributed by atoms with Crippen LogP contribution in [0.2, 0.25) is 0 Å². The Morgan fingerprint density at radius 1 is 1.17 bits per heavy atom. The lowest BCUT2D eigenvalue weighted by Crippen LogP contribution is -2.32. The van der Waals surface area contributed by atoms with Gasteiger partial charge in [-0.1, -0.05) is 30.3 Å². The lowest BCUT2D eigenvalue weighted by atomic mass is 9.95. The van der Waals surface area contributed by atoms with Gasteiger partial charge in [0.1, 0.15) is 5.82 Å². The first-order chi connectivity index (χ1) is 11.6. The third-order valence-corrected chi connectivity index (χ3v) is 5.03. The molecule has 0 aliphatic heterocycles. The zero-order chi connectivity index (χ0) is 16.7. The summed E-state index contributed by atoms with van der Waals surface area (Å²) in [5.41, 5.74) is 2.54. The van der Waals surface area contributed by atoms with Crippen molar-refractivity contribution in [3.05, 3.63) is 71.7 Å². The Morgan fingerprint density at radius 3 is 2.62 bits per heavy atom. The number of fused-ring (bicyclic) bond motifs is 1. The zero-order valence-electron chi connectivity index (χ0n) is 13.6. The summed E-state index contributed by atoms with van der Waals surface area (Å²) in [5.74, 6) is -0.829. The number of halogens is 1. The zero-order valence-corrected chi connectivity index (χ0v) is 13.6. The molecule has 1 N–H and O–H groups in total. The smallest absolute Gasteiger partial charge is 0.254 e. The fourth-order valence-electron chi connectivity index (χ4n) is 3.45. The molecule has 3 aromatic rings. The number of hydrogen-bond donors (Lipinski definition) is 1. The number of carbonyl (C=O) groups is 1. The molecule has 0 radical (unpaired) electrons. The number of aromatic nitrogens is 1. The molecule has 1 aliphatic carbocycles. The molecule has 1 heterocycles. The molecule has 3 nitrogen and oxygen atoms in total. The largest absolute Gasteiger partial charge is 0.351 e. The average molecular weight is 322 g/mol. The van der Waals surface area contributed by atoms with E-state index in [9.17, 15) is 9.18 Å². The summed E-state index contributed by atoms with van der Waals surface area (Å²) in [6.45, 7) is 0.536. The Hall–Kier alpha value is -2.62. The van der Waals surface area contributed by atoms with E-state index in [1.165, 1.54) is 28.6 Å². The summed E-state index contributed by atoms with van der Waals surface area (Å²) in [6.07, 6.45) is 4.24. The summed E-state index contributed by atoms with van der Waals surface area (Å²) in [5, 5.41) is 4.16. The highest BCUT2D eigenvalue weighted by molar-refractivity contribution is 5.94. The maximum atomic E-state index is 13.7. The second-order valence-corrected chi connectivity index (χ2v) is 6.61. The Morgan fingerprint density at radius 2 is 1.88 bits per heavy atom. The molecule has 4 rings (SSSR count). The first kappa shape index (κ1) is 14.9. The van der Waals surface area contributed by atoms with Crippen LogP contribution in [0.3, 0.4) is 0 Å². The Kier molecular flexibility index (Phi) is 3.41. The minimum atomic E-state index is -0.481. The molecule has 4 heteroatoms.